The largest absolute Gasteiger partial charge is 0.462 e. The van der Waals surface area contributed by atoms with Gasteiger partial charge in [0.15, 0.2) is 6.10 Å². The number of esters is 3. The van der Waals surface area contributed by atoms with Crippen molar-refractivity contribution in [2.24, 2.45) is 5.92 Å². The van der Waals surface area contributed by atoms with E-state index in [0.717, 1.165) is 63.7 Å². The van der Waals surface area contributed by atoms with Gasteiger partial charge in [-0.05, 0) is 25.2 Å². The maximum absolute atomic E-state index is 12.7. The van der Waals surface area contributed by atoms with Crippen LogP contribution in [0.3, 0.4) is 0 Å². The summed E-state index contributed by atoms with van der Waals surface area (Å²) in [4.78, 5) is 37.8. The van der Waals surface area contributed by atoms with Crippen LogP contribution < -0.4 is 0 Å². The maximum atomic E-state index is 12.7. The van der Waals surface area contributed by atoms with Crippen molar-refractivity contribution in [3.63, 3.8) is 0 Å². The zero-order chi connectivity index (χ0) is 41.0. The number of carbonyl (C=O) groups excluding carboxylic acids is 3. The summed E-state index contributed by atoms with van der Waals surface area (Å²) >= 11 is 0. The molecule has 0 aromatic carbocycles. The van der Waals surface area contributed by atoms with E-state index in [4.69, 9.17) is 14.2 Å². The number of ether oxygens (including phenoxy) is 3. The van der Waals surface area contributed by atoms with Gasteiger partial charge in [-0.1, -0.05) is 240 Å². The van der Waals surface area contributed by atoms with Crippen molar-refractivity contribution in [3.05, 3.63) is 0 Å². The highest BCUT2D eigenvalue weighted by Crippen LogP contribution is 2.17. The molecule has 0 N–H and O–H groups in total. The molecule has 0 saturated heterocycles. The number of rotatable bonds is 45. The average Bonchev–Trinajstić information content (AvgIpc) is 3.18. The summed E-state index contributed by atoms with van der Waals surface area (Å²) in [6.07, 6.45) is 45.1. The van der Waals surface area contributed by atoms with E-state index in [2.05, 4.69) is 27.7 Å². The van der Waals surface area contributed by atoms with Crippen molar-refractivity contribution in [2.75, 3.05) is 13.2 Å². The molecule has 0 aliphatic rings. The monoisotopic (exact) mass is 793 g/mol. The second-order valence-corrected chi connectivity index (χ2v) is 17.6. The Bertz CT molecular complexity index is 841. The Hall–Kier alpha value is -1.59. The van der Waals surface area contributed by atoms with Gasteiger partial charge in [-0.3, -0.25) is 14.4 Å². The fourth-order valence-corrected chi connectivity index (χ4v) is 7.51. The van der Waals surface area contributed by atoms with Crippen molar-refractivity contribution >= 4 is 17.9 Å². The van der Waals surface area contributed by atoms with Crippen LogP contribution in [0.2, 0.25) is 0 Å². The first-order valence-electron chi connectivity index (χ1n) is 24.9. The molecule has 1 atom stereocenters. The molecule has 0 unspecified atom stereocenters. The van der Waals surface area contributed by atoms with Gasteiger partial charge in [0.1, 0.15) is 13.2 Å². The molecule has 0 saturated carbocycles. The molecule has 0 bridgehead atoms. The van der Waals surface area contributed by atoms with Crippen LogP contribution >= 0.6 is 0 Å². The molecule has 0 amide bonds. The summed E-state index contributed by atoms with van der Waals surface area (Å²) in [6, 6.07) is 0. The third-order valence-electron chi connectivity index (χ3n) is 11.3. The van der Waals surface area contributed by atoms with Gasteiger partial charge in [-0.25, -0.2) is 0 Å². The van der Waals surface area contributed by atoms with Gasteiger partial charge >= 0.3 is 17.9 Å². The first-order chi connectivity index (χ1) is 27.4. The lowest BCUT2D eigenvalue weighted by molar-refractivity contribution is -0.167. The predicted octanol–water partition coefficient (Wildman–Crippen LogP) is 15.9. The van der Waals surface area contributed by atoms with Crippen LogP contribution in [0, 0.1) is 5.92 Å². The Labute approximate surface area is 348 Å². The van der Waals surface area contributed by atoms with E-state index >= 15 is 0 Å². The smallest absolute Gasteiger partial charge is 0.306 e. The van der Waals surface area contributed by atoms with Crippen LogP contribution in [0.1, 0.15) is 278 Å². The van der Waals surface area contributed by atoms with Gasteiger partial charge in [0.05, 0.1) is 0 Å². The minimum Gasteiger partial charge on any atom is -0.462 e. The normalized spacial score (nSPS) is 11.9. The standard InChI is InChI=1S/C50H96O6/c1-5-7-9-11-13-15-17-18-23-27-31-35-39-43-50(53)56-47(44-54-48(51)41-37-33-29-25-16-14-12-10-8-6-2)45-55-49(52)42-38-34-30-26-22-20-19-21-24-28-32-36-40-46(3)4/h46-47H,5-45H2,1-4H3/t47-/m0/s1. The van der Waals surface area contributed by atoms with Gasteiger partial charge in [-0.15, -0.1) is 0 Å². The molecule has 0 radical (unpaired) electrons. The highest BCUT2D eigenvalue weighted by Gasteiger charge is 2.19. The molecule has 0 aromatic heterocycles. The molecule has 0 rings (SSSR count). The molecule has 6 nitrogen and oxygen atoms in total. The van der Waals surface area contributed by atoms with E-state index in [-0.39, 0.29) is 31.1 Å². The van der Waals surface area contributed by atoms with Crippen molar-refractivity contribution in [2.45, 2.75) is 284 Å². The number of hydrogen-bond acceptors (Lipinski definition) is 6. The van der Waals surface area contributed by atoms with Crippen molar-refractivity contribution in [1.29, 1.82) is 0 Å². The van der Waals surface area contributed by atoms with Gasteiger partial charge in [0, 0.05) is 19.3 Å². The zero-order valence-electron chi connectivity index (χ0n) is 38.1. The lowest BCUT2D eigenvalue weighted by Crippen LogP contribution is -2.30. The topological polar surface area (TPSA) is 78.9 Å². The quantitative estimate of drug-likeness (QED) is 0.0347. The summed E-state index contributed by atoms with van der Waals surface area (Å²) in [7, 11) is 0. The molecular formula is C50H96O6. The fourth-order valence-electron chi connectivity index (χ4n) is 7.51. The summed E-state index contributed by atoms with van der Waals surface area (Å²) < 4.78 is 16.8. The van der Waals surface area contributed by atoms with Crippen LogP contribution in [0.5, 0.6) is 0 Å². The number of unbranched alkanes of at least 4 members (excludes halogenated alkanes) is 32. The summed E-state index contributed by atoms with van der Waals surface area (Å²) in [5.74, 6) is -0.0144. The minimum absolute atomic E-state index is 0.0631. The summed E-state index contributed by atoms with van der Waals surface area (Å²) in [5, 5.41) is 0. The van der Waals surface area contributed by atoms with E-state index in [1.807, 2.05) is 0 Å². The molecule has 332 valence electrons. The molecule has 0 aromatic rings. The van der Waals surface area contributed by atoms with Crippen molar-refractivity contribution in [3.8, 4) is 0 Å². The van der Waals surface area contributed by atoms with Gasteiger partial charge in [0.2, 0.25) is 0 Å². The second-order valence-electron chi connectivity index (χ2n) is 17.6. The Morgan fingerprint density at radius 3 is 0.875 bits per heavy atom. The van der Waals surface area contributed by atoms with Gasteiger partial charge in [0.25, 0.3) is 0 Å². The maximum Gasteiger partial charge on any atom is 0.306 e. The Balaban J connectivity index is 4.29. The Kier molecular flexibility index (Phi) is 43.2. The highest BCUT2D eigenvalue weighted by atomic mass is 16.6. The van der Waals surface area contributed by atoms with Gasteiger partial charge < -0.3 is 14.2 Å². The van der Waals surface area contributed by atoms with Crippen LogP contribution in [0.15, 0.2) is 0 Å². The summed E-state index contributed by atoms with van der Waals surface area (Å²) in [6.45, 7) is 9.01. The molecule has 6 heteroatoms. The Morgan fingerprint density at radius 2 is 0.589 bits per heavy atom. The minimum atomic E-state index is -0.759. The van der Waals surface area contributed by atoms with E-state index in [0.29, 0.717) is 19.3 Å². The summed E-state index contributed by atoms with van der Waals surface area (Å²) in [5.41, 5.74) is 0. The molecule has 0 aliphatic heterocycles. The molecule has 0 aliphatic carbocycles. The molecule has 0 fully saturated rings. The molecule has 56 heavy (non-hydrogen) atoms. The molecule has 0 heterocycles. The van der Waals surface area contributed by atoms with Crippen LogP contribution in [-0.2, 0) is 28.6 Å². The molecular weight excluding hydrogens is 697 g/mol. The van der Waals surface area contributed by atoms with Crippen LogP contribution in [0.4, 0.5) is 0 Å². The number of carbonyl (C=O) groups is 3. The SMILES string of the molecule is CCCCCCCCCCCCCCCC(=O)O[C@@H](COC(=O)CCCCCCCCCCCC)COC(=O)CCCCCCCCCCCCCCC(C)C. The van der Waals surface area contributed by atoms with E-state index < -0.39 is 6.10 Å². The lowest BCUT2D eigenvalue weighted by atomic mass is 10.0. The predicted molar refractivity (Wildman–Crippen MR) is 238 cm³/mol. The fraction of sp³-hybridized carbons (Fsp3) is 0.940. The third kappa shape index (κ3) is 43.5. The van der Waals surface area contributed by atoms with E-state index in [1.165, 1.54) is 173 Å². The van der Waals surface area contributed by atoms with E-state index in [1.54, 1.807) is 0 Å². The van der Waals surface area contributed by atoms with Crippen molar-refractivity contribution < 1.29 is 28.6 Å². The van der Waals surface area contributed by atoms with E-state index in [9.17, 15) is 14.4 Å². The van der Waals surface area contributed by atoms with Crippen LogP contribution in [-0.4, -0.2) is 37.2 Å². The van der Waals surface area contributed by atoms with Crippen LogP contribution in [0.25, 0.3) is 0 Å². The van der Waals surface area contributed by atoms with Gasteiger partial charge in [-0.2, -0.15) is 0 Å². The first-order valence-corrected chi connectivity index (χ1v) is 24.9. The zero-order valence-corrected chi connectivity index (χ0v) is 38.1. The first kappa shape index (κ1) is 54.4. The highest BCUT2D eigenvalue weighted by molar-refractivity contribution is 5.71. The third-order valence-corrected chi connectivity index (χ3v) is 11.3. The lowest BCUT2D eigenvalue weighted by Gasteiger charge is -2.18. The van der Waals surface area contributed by atoms with Crippen molar-refractivity contribution in [1.82, 2.24) is 0 Å². The number of hydrogen-bond donors (Lipinski definition) is 0. The molecule has 0 spiro atoms. The Morgan fingerprint density at radius 1 is 0.339 bits per heavy atom. The average molecular weight is 793 g/mol. The second kappa shape index (κ2) is 44.5.